The summed E-state index contributed by atoms with van der Waals surface area (Å²) >= 11 is 1.02. The highest BCUT2D eigenvalue weighted by Gasteiger charge is 2.30. The van der Waals surface area contributed by atoms with Crippen LogP contribution >= 0.6 is 11.8 Å². The van der Waals surface area contributed by atoms with Crippen LogP contribution in [-0.2, 0) is 4.79 Å². The van der Waals surface area contributed by atoms with Crippen molar-refractivity contribution in [2.24, 2.45) is 10.6 Å². The molecule has 0 fully saturated rings. The monoisotopic (exact) mass is 360 g/mol. The molecule has 0 bridgehead atoms. The predicted octanol–water partition coefficient (Wildman–Crippen LogP) is 3.36. The number of nitrogens with zero attached hydrogens (tertiary/aromatic N) is 3. The van der Waals surface area contributed by atoms with E-state index in [1.165, 1.54) is 0 Å². The van der Waals surface area contributed by atoms with Gasteiger partial charge in [0.2, 0.25) is 5.16 Å². The molecule has 0 radical (unpaired) electrons. The fourth-order valence-electron chi connectivity index (χ4n) is 2.34. The van der Waals surface area contributed by atoms with E-state index in [4.69, 9.17) is 9.52 Å². The molecule has 2 aromatic heterocycles. The first-order chi connectivity index (χ1) is 11.9. The van der Waals surface area contributed by atoms with Crippen LogP contribution in [0.4, 0.5) is 0 Å². The Bertz CT molecular complexity index is 865. The van der Waals surface area contributed by atoms with E-state index >= 15 is 0 Å². The van der Waals surface area contributed by atoms with Crippen molar-refractivity contribution in [1.82, 2.24) is 15.2 Å². The summed E-state index contributed by atoms with van der Waals surface area (Å²) in [5, 5.41) is 18.9. The lowest BCUT2D eigenvalue weighted by Gasteiger charge is -2.27. The molecule has 1 unspecified atom stereocenters. The van der Waals surface area contributed by atoms with E-state index in [0.29, 0.717) is 22.5 Å². The zero-order valence-electron chi connectivity index (χ0n) is 13.6. The van der Waals surface area contributed by atoms with Gasteiger partial charge in [-0.25, -0.2) is 0 Å². The Hall–Kier alpha value is -2.68. The summed E-state index contributed by atoms with van der Waals surface area (Å²) in [6.45, 7) is 3.89. The normalized spacial score (nSPS) is 18.8. The van der Waals surface area contributed by atoms with E-state index in [2.05, 4.69) is 20.4 Å². The Morgan fingerprint density at radius 2 is 2.20 bits per heavy atom. The summed E-state index contributed by atoms with van der Waals surface area (Å²) < 4.78 is 5.79. The van der Waals surface area contributed by atoms with Crippen LogP contribution in [0.15, 0.2) is 45.1 Å². The highest BCUT2D eigenvalue weighted by molar-refractivity contribution is 7.99. The Morgan fingerprint density at radius 1 is 1.44 bits per heavy atom. The molecule has 2 heterocycles. The van der Waals surface area contributed by atoms with Gasteiger partial charge in [-0.2, -0.15) is 9.89 Å². The Morgan fingerprint density at radius 3 is 2.92 bits per heavy atom. The number of allylic oxidation sites excluding steroid dienone is 2. The van der Waals surface area contributed by atoms with Crippen LogP contribution < -0.4 is 0 Å². The largest absolute Gasteiger partial charge is 0.481 e. The second-order valence-electron chi connectivity index (χ2n) is 6.14. The Labute approximate surface area is 147 Å². The maximum Gasteiger partial charge on any atom is 0.313 e. The van der Waals surface area contributed by atoms with Gasteiger partial charge >= 0.3 is 5.97 Å². The summed E-state index contributed by atoms with van der Waals surface area (Å²) in [5.41, 5.74) is 0.442. The van der Waals surface area contributed by atoms with Crippen molar-refractivity contribution in [2.75, 3.05) is 5.75 Å². The van der Waals surface area contributed by atoms with Crippen LogP contribution in [-0.4, -0.2) is 38.1 Å². The molecule has 1 aliphatic carbocycles. The van der Waals surface area contributed by atoms with Gasteiger partial charge in [-0.15, -0.1) is 5.10 Å². The van der Waals surface area contributed by atoms with E-state index in [0.717, 1.165) is 17.3 Å². The minimum atomic E-state index is -0.936. The third kappa shape index (κ3) is 3.71. The van der Waals surface area contributed by atoms with E-state index in [9.17, 15) is 9.70 Å². The summed E-state index contributed by atoms with van der Waals surface area (Å²) in [7, 11) is 0. The molecule has 2 aromatic rings. The smallest absolute Gasteiger partial charge is 0.313 e. The maximum absolute atomic E-state index is 11.1. The molecule has 3 rings (SSSR count). The summed E-state index contributed by atoms with van der Waals surface area (Å²) in [5.74, 6) is 0.415. The topological polar surface area (TPSA) is 121 Å². The van der Waals surface area contributed by atoms with Crippen LogP contribution in [0.2, 0.25) is 0 Å². The average molecular weight is 360 g/mol. The Balaban J connectivity index is 1.79. The number of nitroso groups, excluding NO2 is 1. The molecular weight excluding hydrogens is 344 g/mol. The average Bonchev–Trinajstić information content (AvgIpc) is 3.21. The molecule has 2 N–H and O–H groups in total. The second kappa shape index (κ2) is 6.67. The quantitative estimate of drug-likeness (QED) is 0.598. The van der Waals surface area contributed by atoms with Gasteiger partial charge in [-0.1, -0.05) is 42.9 Å². The lowest BCUT2D eigenvalue weighted by molar-refractivity contribution is -0.133. The number of hydrogen-bond acceptors (Lipinski definition) is 7. The van der Waals surface area contributed by atoms with Gasteiger partial charge in [0.05, 0.1) is 5.75 Å². The van der Waals surface area contributed by atoms with Gasteiger partial charge in [-0.05, 0) is 18.2 Å². The summed E-state index contributed by atoms with van der Waals surface area (Å²) in [6, 6.07) is 3.04. The van der Waals surface area contributed by atoms with Gasteiger partial charge in [0.1, 0.15) is 11.8 Å². The van der Waals surface area contributed by atoms with Crippen LogP contribution in [0.5, 0.6) is 0 Å². The molecule has 0 aliphatic heterocycles. The van der Waals surface area contributed by atoms with Crippen molar-refractivity contribution >= 4 is 23.3 Å². The van der Waals surface area contributed by atoms with E-state index in [1.54, 1.807) is 18.2 Å². The SMILES string of the molecule is CC1(C)C=CC(c2ccc(-c3nc(SCC(=O)O)n[nH]3)o2)=CC1N=O. The van der Waals surface area contributed by atoms with E-state index < -0.39 is 12.0 Å². The number of hydrogen-bond donors (Lipinski definition) is 2. The zero-order valence-corrected chi connectivity index (χ0v) is 14.4. The van der Waals surface area contributed by atoms with E-state index in [1.807, 2.05) is 26.0 Å². The van der Waals surface area contributed by atoms with E-state index in [-0.39, 0.29) is 11.2 Å². The molecule has 0 amide bonds. The molecule has 8 nitrogen and oxygen atoms in total. The minimum Gasteiger partial charge on any atom is -0.481 e. The fourth-order valence-corrected chi connectivity index (χ4v) is 2.86. The summed E-state index contributed by atoms with van der Waals surface area (Å²) in [6.07, 6.45) is 5.62. The molecule has 1 aliphatic rings. The minimum absolute atomic E-state index is 0.117. The lowest BCUT2D eigenvalue weighted by Crippen LogP contribution is -2.25. The number of aliphatic carboxylic acids is 1. The predicted molar refractivity (Wildman–Crippen MR) is 92.9 cm³/mol. The van der Waals surface area contributed by atoms with Crippen molar-refractivity contribution in [3.05, 3.63) is 41.0 Å². The first-order valence-electron chi connectivity index (χ1n) is 7.50. The standard InChI is InChI=1S/C16H16N4O4S/c1-16(2)6-5-9(7-12(16)20-23)10-3-4-11(24-10)14-17-15(19-18-14)25-8-13(21)22/h3-7,12H,8H2,1-2H3,(H,21,22)(H,17,18,19). The highest BCUT2D eigenvalue weighted by Crippen LogP contribution is 2.35. The van der Waals surface area contributed by atoms with Gasteiger partial charge < -0.3 is 9.52 Å². The van der Waals surface area contributed by atoms with Gasteiger partial charge in [-0.3, -0.25) is 9.89 Å². The van der Waals surface area contributed by atoms with Gasteiger partial charge in [0, 0.05) is 11.0 Å². The molecular formula is C16H16N4O4S. The van der Waals surface area contributed by atoms with Crippen molar-refractivity contribution < 1.29 is 14.3 Å². The zero-order chi connectivity index (χ0) is 18.0. The number of carboxylic acid groups (broad SMARTS) is 1. The highest BCUT2D eigenvalue weighted by atomic mass is 32.2. The number of carbonyl (C=O) groups is 1. The number of aromatic amines is 1. The van der Waals surface area contributed by atoms with Crippen molar-refractivity contribution in [2.45, 2.75) is 25.0 Å². The van der Waals surface area contributed by atoms with Crippen LogP contribution in [0.25, 0.3) is 17.2 Å². The molecule has 0 spiro atoms. The van der Waals surface area contributed by atoms with Crippen LogP contribution in [0.3, 0.4) is 0 Å². The fraction of sp³-hybridized carbons (Fsp3) is 0.312. The molecule has 25 heavy (non-hydrogen) atoms. The number of thioether (sulfide) groups is 1. The van der Waals surface area contributed by atoms with Gasteiger partial charge in [0.15, 0.2) is 11.6 Å². The number of nitrogens with one attached hydrogen (secondary N) is 1. The van der Waals surface area contributed by atoms with Crippen molar-refractivity contribution in [3.63, 3.8) is 0 Å². The lowest BCUT2D eigenvalue weighted by atomic mass is 9.79. The maximum atomic E-state index is 11.1. The van der Waals surface area contributed by atoms with Crippen molar-refractivity contribution in [1.29, 1.82) is 0 Å². The third-order valence-electron chi connectivity index (χ3n) is 3.82. The molecule has 0 saturated carbocycles. The first-order valence-corrected chi connectivity index (χ1v) is 8.49. The third-order valence-corrected chi connectivity index (χ3v) is 4.65. The van der Waals surface area contributed by atoms with Crippen LogP contribution in [0, 0.1) is 10.3 Å². The number of carboxylic acids is 1. The first kappa shape index (κ1) is 17.2. The molecule has 1 atom stereocenters. The Kier molecular flexibility index (Phi) is 4.58. The van der Waals surface area contributed by atoms with Crippen molar-refractivity contribution in [3.8, 4) is 11.6 Å². The summed E-state index contributed by atoms with van der Waals surface area (Å²) in [4.78, 5) is 25.8. The van der Waals surface area contributed by atoms with Crippen LogP contribution in [0.1, 0.15) is 19.6 Å². The number of H-pyrrole nitrogens is 1. The molecule has 0 saturated heterocycles. The number of rotatable bonds is 6. The number of aromatic nitrogens is 3. The molecule has 130 valence electrons. The molecule has 0 aromatic carbocycles. The second-order valence-corrected chi connectivity index (χ2v) is 7.08. The number of furan rings is 1. The van der Waals surface area contributed by atoms with Gasteiger partial charge in [0.25, 0.3) is 0 Å². The molecule has 9 heteroatoms.